The van der Waals surface area contributed by atoms with E-state index in [0.717, 1.165) is 31.6 Å². The van der Waals surface area contributed by atoms with Crippen molar-refractivity contribution < 1.29 is 12.8 Å². The molecular formula is C16H16ClFN2O2S. The zero-order chi connectivity index (χ0) is 16.4. The molecule has 0 aromatic heterocycles. The van der Waals surface area contributed by atoms with E-state index in [4.69, 9.17) is 11.6 Å². The third-order valence-electron chi connectivity index (χ3n) is 3.79. The maximum Gasteiger partial charge on any atom is 0.261 e. The Kier molecular flexibility index (Phi) is 4.46. The van der Waals surface area contributed by atoms with E-state index in [1.165, 1.54) is 36.4 Å². The second-order valence-electron chi connectivity index (χ2n) is 5.42. The average molecular weight is 355 g/mol. The van der Waals surface area contributed by atoms with E-state index in [9.17, 15) is 12.8 Å². The highest BCUT2D eigenvalue weighted by molar-refractivity contribution is 7.92. The minimum atomic E-state index is -3.86. The largest absolute Gasteiger partial charge is 0.371 e. The van der Waals surface area contributed by atoms with Gasteiger partial charge in [-0.15, -0.1) is 0 Å². The van der Waals surface area contributed by atoms with Crippen molar-refractivity contribution >= 4 is 33.0 Å². The van der Waals surface area contributed by atoms with Crippen LogP contribution in [-0.2, 0) is 10.0 Å². The normalized spacial score (nSPS) is 15.0. The van der Waals surface area contributed by atoms with Crippen molar-refractivity contribution in [2.24, 2.45) is 0 Å². The van der Waals surface area contributed by atoms with Crippen molar-refractivity contribution in [1.29, 1.82) is 0 Å². The van der Waals surface area contributed by atoms with Crippen LogP contribution in [-0.4, -0.2) is 21.5 Å². The van der Waals surface area contributed by atoms with Crippen LogP contribution in [0.15, 0.2) is 47.4 Å². The summed E-state index contributed by atoms with van der Waals surface area (Å²) in [7, 11) is -3.86. The molecule has 1 saturated heterocycles. The number of anilines is 2. The fourth-order valence-corrected chi connectivity index (χ4v) is 3.77. The number of hydrogen-bond acceptors (Lipinski definition) is 3. The van der Waals surface area contributed by atoms with Gasteiger partial charge in [-0.25, -0.2) is 12.8 Å². The first-order chi connectivity index (χ1) is 11.0. The zero-order valence-corrected chi connectivity index (χ0v) is 13.9. The highest BCUT2D eigenvalue weighted by Crippen LogP contribution is 2.27. The van der Waals surface area contributed by atoms with Gasteiger partial charge in [0.05, 0.1) is 10.6 Å². The van der Waals surface area contributed by atoms with Gasteiger partial charge < -0.3 is 4.90 Å². The van der Waals surface area contributed by atoms with Gasteiger partial charge in [-0.05, 0) is 55.3 Å². The van der Waals surface area contributed by atoms with Gasteiger partial charge in [-0.3, -0.25) is 4.72 Å². The zero-order valence-electron chi connectivity index (χ0n) is 12.3. The van der Waals surface area contributed by atoms with E-state index >= 15 is 0 Å². The molecule has 1 heterocycles. The summed E-state index contributed by atoms with van der Waals surface area (Å²) in [4.78, 5) is 2.15. The number of hydrogen-bond donors (Lipinski definition) is 1. The van der Waals surface area contributed by atoms with E-state index in [0.29, 0.717) is 5.02 Å². The molecule has 23 heavy (non-hydrogen) atoms. The van der Waals surface area contributed by atoms with E-state index < -0.39 is 15.8 Å². The molecule has 1 aliphatic rings. The number of halogens is 2. The van der Waals surface area contributed by atoms with Crippen LogP contribution < -0.4 is 9.62 Å². The smallest absolute Gasteiger partial charge is 0.261 e. The average Bonchev–Trinajstić information content (AvgIpc) is 3.04. The van der Waals surface area contributed by atoms with E-state index in [-0.39, 0.29) is 10.6 Å². The molecule has 0 spiro atoms. The lowest BCUT2D eigenvalue weighted by Gasteiger charge is -2.19. The Morgan fingerprint density at radius 2 is 1.70 bits per heavy atom. The number of sulfonamides is 1. The molecule has 2 aromatic carbocycles. The molecule has 4 nitrogen and oxygen atoms in total. The van der Waals surface area contributed by atoms with Crippen molar-refractivity contribution in [3.8, 4) is 0 Å². The standard InChI is InChI=1S/C16H16ClFN2O2S/c17-12-3-6-14(7-4-12)23(21,22)19-16-11-13(5-8-15(16)18)20-9-1-2-10-20/h3-8,11,19H,1-2,9-10H2. The molecule has 0 aliphatic carbocycles. The lowest BCUT2D eigenvalue weighted by atomic mass is 10.2. The third kappa shape index (κ3) is 3.59. The molecule has 122 valence electrons. The molecular weight excluding hydrogens is 339 g/mol. The van der Waals surface area contributed by atoms with Crippen molar-refractivity contribution in [1.82, 2.24) is 0 Å². The summed E-state index contributed by atoms with van der Waals surface area (Å²) in [6, 6.07) is 10.2. The van der Waals surface area contributed by atoms with Crippen LogP contribution in [0.5, 0.6) is 0 Å². The van der Waals surface area contributed by atoms with Gasteiger partial charge >= 0.3 is 0 Å². The minimum absolute atomic E-state index is 0.0351. The van der Waals surface area contributed by atoms with Crippen molar-refractivity contribution in [2.75, 3.05) is 22.7 Å². The van der Waals surface area contributed by atoms with E-state index in [1.807, 2.05) is 0 Å². The maximum absolute atomic E-state index is 14.0. The second kappa shape index (κ2) is 6.37. The molecule has 0 unspecified atom stereocenters. The lowest BCUT2D eigenvalue weighted by Crippen LogP contribution is -2.19. The molecule has 3 rings (SSSR count). The number of nitrogens with zero attached hydrogens (tertiary/aromatic N) is 1. The Balaban J connectivity index is 1.89. The first-order valence-corrected chi connectivity index (χ1v) is 9.15. The summed E-state index contributed by atoms with van der Waals surface area (Å²) in [5, 5.41) is 0.436. The molecule has 0 radical (unpaired) electrons. The summed E-state index contributed by atoms with van der Waals surface area (Å²) in [6.45, 7) is 1.80. The Labute approximate surface area is 139 Å². The number of benzene rings is 2. The fourth-order valence-electron chi connectivity index (χ4n) is 2.58. The number of rotatable bonds is 4. The minimum Gasteiger partial charge on any atom is -0.371 e. The Hall–Kier alpha value is -1.79. The van der Waals surface area contributed by atoms with Crippen LogP contribution in [0.4, 0.5) is 15.8 Å². The predicted molar refractivity (Wildman–Crippen MR) is 90.1 cm³/mol. The van der Waals surface area contributed by atoms with Gasteiger partial charge in [0.25, 0.3) is 10.0 Å². The Bertz CT molecular complexity index is 803. The summed E-state index contributed by atoms with van der Waals surface area (Å²) >= 11 is 5.76. The summed E-state index contributed by atoms with van der Waals surface area (Å²) < 4.78 is 41.0. The lowest BCUT2D eigenvalue weighted by molar-refractivity contribution is 0.598. The van der Waals surface area contributed by atoms with Crippen LogP contribution in [0.25, 0.3) is 0 Å². The van der Waals surface area contributed by atoms with Gasteiger partial charge in [-0.2, -0.15) is 0 Å². The van der Waals surface area contributed by atoms with Crippen LogP contribution >= 0.6 is 11.6 Å². The van der Waals surface area contributed by atoms with Crippen LogP contribution in [0.3, 0.4) is 0 Å². The molecule has 1 aliphatic heterocycles. The highest BCUT2D eigenvalue weighted by atomic mass is 35.5. The van der Waals surface area contributed by atoms with Crippen molar-refractivity contribution in [2.45, 2.75) is 17.7 Å². The van der Waals surface area contributed by atoms with Gasteiger partial charge in [-0.1, -0.05) is 11.6 Å². The Morgan fingerprint density at radius 1 is 1.04 bits per heavy atom. The molecule has 0 bridgehead atoms. The van der Waals surface area contributed by atoms with Crippen LogP contribution in [0.2, 0.25) is 5.02 Å². The number of nitrogens with one attached hydrogen (secondary N) is 1. The molecule has 1 fully saturated rings. The summed E-state index contributed by atoms with van der Waals surface area (Å²) in [5.41, 5.74) is 0.766. The molecule has 7 heteroatoms. The third-order valence-corrected chi connectivity index (χ3v) is 5.42. The molecule has 2 aromatic rings. The molecule has 0 amide bonds. The maximum atomic E-state index is 14.0. The summed E-state index contributed by atoms with van der Waals surface area (Å²) in [6.07, 6.45) is 2.17. The van der Waals surface area contributed by atoms with Gasteiger partial charge in [0, 0.05) is 23.8 Å². The topological polar surface area (TPSA) is 49.4 Å². The molecule has 1 N–H and O–H groups in total. The Morgan fingerprint density at radius 3 is 2.35 bits per heavy atom. The van der Waals surface area contributed by atoms with E-state index in [2.05, 4.69) is 9.62 Å². The van der Waals surface area contributed by atoms with Crippen LogP contribution in [0, 0.1) is 5.82 Å². The highest BCUT2D eigenvalue weighted by Gasteiger charge is 2.19. The SMILES string of the molecule is O=S(=O)(Nc1cc(N2CCCC2)ccc1F)c1ccc(Cl)cc1. The second-order valence-corrected chi connectivity index (χ2v) is 7.54. The predicted octanol–water partition coefficient (Wildman–Crippen LogP) is 3.88. The van der Waals surface area contributed by atoms with Gasteiger partial charge in [0.15, 0.2) is 0 Å². The molecule has 0 atom stereocenters. The first kappa shape index (κ1) is 16.1. The van der Waals surface area contributed by atoms with Crippen molar-refractivity contribution in [3.05, 3.63) is 53.3 Å². The van der Waals surface area contributed by atoms with Crippen molar-refractivity contribution in [3.63, 3.8) is 0 Å². The fraction of sp³-hybridized carbons (Fsp3) is 0.250. The molecule has 0 saturated carbocycles. The quantitative estimate of drug-likeness (QED) is 0.906. The van der Waals surface area contributed by atoms with Gasteiger partial charge in [0.2, 0.25) is 0 Å². The van der Waals surface area contributed by atoms with Crippen LogP contribution in [0.1, 0.15) is 12.8 Å². The van der Waals surface area contributed by atoms with E-state index in [1.54, 1.807) is 6.07 Å². The first-order valence-electron chi connectivity index (χ1n) is 7.29. The monoisotopic (exact) mass is 354 g/mol. The van der Waals surface area contributed by atoms with Gasteiger partial charge in [0.1, 0.15) is 5.82 Å². The summed E-state index contributed by atoms with van der Waals surface area (Å²) in [5.74, 6) is -0.606.